The molecule has 0 aliphatic carbocycles. The lowest BCUT2D eigenvalue weighted by Crippen LogP contribution is -2.26. The Bertz CT molecular complexity index is 586. The first-order chi connectivity index (χ1) is 8.61. The summed E-state index contributed by atoms with van der Waals surface area (Å²) in [6.45, 7) is 1.56. The monoisotopic (exact) mass is 247 g/mol. The number of carboxylic acid groups (broad SMARTS) is 1. The van der Waals surface area contributed by atoms with Crippen LogP contribution in [-0.4, -0.2) is 34.2 Å². The summed E-state index contributed by atoms with van der Waals surface area (Å²) in [5.74, 6) is 0.256. The first-order valence-electron chi connectivity index (χ1n) is 5.40. The predicted molar refractivity (Wildman–Crippen MR) is 66.8 cm³/mol. The van der Waals surface area contributed by atoms with Gasteiger partial charge in [-0.25, -0.2) is 9.97 Å². The third-order valence-corrected chi connectivity index (χ3v) is 2.57. The summed E-state index contributed by atoms with van der Waals surface area (Å²) in [6, 6.07) is 4.63. The molecule has 0 fully saturated rings. The number of carbonyl (C=O) groups is 1. The molecule has 1 unspecified atom stereocenters. The molecule has 0 bridgehead atoms. The number of ether oxygens (including phenoxy) is 1. The van der Waals surface area contributed by atoms with Gasteiger partial charge >= 0.3 is 5.97 Å². The minimum atomic E-state index is -0.935. The van der Waals surface area contributed by atoms with E-state index in [4.69, 9.17) is 9.84 Å². The fraction of sp³-hybridized carbons (Fsp3) is 0.250. The molecule has 0 spiro atoms. The van der Waals surface area contributed by atoms with Crippen LogP contribution in [0.5, 0.6) is 5.75 Å². The number of rotatable bonds is 4. The molecule has 6 nitrogen and oxygen atoms in total. The second kappa shape index (κ2) is 4.87. The van der Waals surface area contributed by atoms with Gasteiger partial charge in [0.05, 0.1) is 12.6 Å². The van der Waals surface area contributed by atoms with Crippen molar-refractivity contribution in [2.24, 2.45) is 0 Å². The SMILES string of the molecule is COc1ccc2c(NC(C)C(=O)O)ncnc2c1. The van der Waals surface area contributed by atoms with E-state index in [2.05, 4.69) is 15.3 Å². The molecule has 94 valence electrons. The number of nitrogens with zero attached hydrogens (tertiary/aromatic N) is 2. The Hall–Kier alpha value is -2.37. The van der Waals surface area contributed by atoms with Gasteiger partial charge in [-0.2, -0.15) is 0 Å². The third-order valence-electron chi connectivity index (χ3n) is 2.57. The van der Waals surface area contributed by atoms with Crippen molar-refractivity contribution in [1.82, 2.24) is 9.97 Å². The van der Waals surface area contributed by atoms with E-state index in [9.17, 15) is 4.79 Å². The molecule has 1 atom stereocenters. The number of nitrogens with one attached hydrogen (secondary N) is 1. The fourth-order valence-corrected chi connectivity index (χ4v) is 1.55. The van der Waals surface area contributed by atoms with Crippen LogP contribution in [0.3, 0.4) is 0 Å². The molecule has 1 aromatic heterocycles. The van der Waals surface area contributed by atoms with Crippen LogP contribution >= 0.6 is 0 Å². The van der Waals surface area contributed by atoms with Crippen molar-refractivity contribution >= 4 is 22.7 Å². The molecule has 2 rings (SSSR count). The minimum absolute atomic E-state index is 0.498. The zero-order valence-corrected chi connectivity index (χ0v) is 10.0. The lowest BCUT2D eigenvalue weighted by atomic mass is 10.2. The number of aliphatic carboxylic acids is 1. The van der Waals surface area contributed by atoms with Crippen molar-refractivity contribution in [1.29, 1.82) is 0 Å². The number of hydrogen-bond donors (Lipinski definition) is 2. The molecular weight excluding hydrogens is 234 g/mol. The van der Waals surface area contributed by atoms with Crippen molar-refractivity contribution in [2.75, 3.05) is 12.4 Å². The van der Waals surface area contributed by atoms with E-state index < -0.39 is 12.0 Å². The van der Waals surface area contributed by atoms with E-state index in [0.717, 1.165) is 5.39 Å². The van der Waals surface area contributed by atoms with Crippen LogP contribution in [0.4, 0.5) is 5.82 Å². The Balaban J connectivity index is 2.42. The number of aromatic nitrogens is 2. The van der Waals surface area contributed by atoms with E-state index in [1.807, 2.05) is 0 Å². The molecule has 18 heavy (non-hydrogen) atoms. The van der Waals surface area contributed by atoms with Crippen molar-refractivity contribution in [3.8, 4) is 5.75 Å². The lowest BCUT2D eigenvalue weighted by molar-refractivity contribution is -0.137. The second-order valence-corrected chi connectivity index (χ2v) is 3.81. The highest BCUT2D eigenvalue weighted by Crippen LogP contribution is 2.23. The number of methoxy groups -OCH3 is 1. The highest BCUT2D eigenvalue weighted by molar-refractivity contribution is 5.91. The Labute approximate surface area is 104 Å². The quantitative estimate of drug-likeness (QED) is 0.852. The Morgan fingerprint density at radius 3 is 2.89 bits per heavy atom. The van der Waals surface area contributed by atoms with Crippen LogP contribution in [0.25, 0.3) is 10.9 Å². The van der Waals surface area contributed by atoms with E-state index in [-0.39, 0.29) is 0 Å². The summed E-state index contributed by atoms with van der Waals surface area (Å²) in [5, 5.41) is 12.5. The summed E-state index contributed by atoms with van der Waals surface area (Å²) in [4.78, 5) is 19.0. The average molecular weight is 247 g/mol. The molecule has 0 aliphatic rings. The number of carboxylic acids is 1. The van der Waals surface area contributed by atoms with E-state index in [1.165, 1.54) is 6.33 Å². The highest BCUT2D eigenvalue weighted by Gasteiger charge is 2.13. The van der Waals surface area contributed by atoms with Crippen LogP contribution in [-0.2, 0) is 4.79 Å². The summed E-state index contributed by atoms with van der Waals surface area (Å²) < 4.78 is 5.11. The zero-order valence-electron chi connectivity index (χ0n) is 10.0. The summed E-state index contributed by atoms with van der Waals surface area (Å²) >= 11 is 0. The van der Waals surface area contributed by atoms with Crippen LogP contribution in [0.15, 0.2) is 24.5 Å². The summed E-state index contributed by atoms with van der Waals surface area (Å²) in [6.07, 6.45) is 1.39. The topological polar surface area (TPSA) is 84.3 Å². The average Bonchev–Trinajstić information content (AvgIpc) is 2.38. The lowest BCUT2D eigenvalue weighted by Gasteiger charge is -2.12. The Morgan fingerprint density at radius 2 is 2.22 bits per heavy atom. The van der Waals surface area contributed by atoms with Crippen LogP contribution in [0.2, 0.25) is 0 Å². The molecule has 2 aromatic rings. The molecule has 2 N–H and O–H groups in total. The molecule has 0 saturated carbocycles. The maximum atomic E-state index is 10.8. The molecule has 0 saturated heterocycles. The van der Waals surface area contributed by atoms with Crippen molar-refractivity contribution in [2.45, 2.75) is 13.0 Å². The van der Waals surface area contributed by atoms with Crippen molar-refractivity contribution in [3.63, 3.8) is 0 Å². The predicted octanol–water partition coefficient (Wildman–Crippen LogP) is 1.52. The van der Waals surface area contributed by atoms with E-state index in [1.54, 1.807) is 32.2 Å². The van der Waals surface area contributed by atoms with Gasteiger partial charge in [-0.15, -0.1) is 0 Å². The van der Waals surface area contributed by atoms with E-state index >= 15 is 0 Å². The number of fused-ring (bicyclic) bond motifs is 1. The van der Waals surface area contributed by atoms with Crippen molar-refractivity contribution in [3.05, 3.63) is 24.5 Å². The number of hydrogen-bond acceptors (Lipinski definition) is 5. The molecule has 1 aromatic carbocycles. The number of benzene rings is 1. The van der Waals surface area contributed by atoms with Gasteiger partial charge in [-0.1, -0.05) is 0 Å². The zero-order chi connectivity index (χ0) is 13.1. The first kappa shape index (κ1) is 12.1. The van der Waals surface area contributed by atoms with Gasteiger partial charge in [0.1, 0.15) is 23.9 Å². The summed E-state index contributed by atoms with van der Waals surface area (Å²) in [7, 11) is 1.58. The third kappa shape index (κ3) is 2.32. The van der Waals surface area contributed by atoms with Crippen LogP contribution in [0, 0.1) is 0 Å². The van der Waals surface area contributed by atoms with Crippen LogP contribution < -0.4 is 10.1 Å². The van der Waals surface area contributed by atoms with Gasteiger partial charge in [-0.05, 0) is 19.1 Å². The Kier molecular flexibility index (Phi) is 3.27. The largest absolute Gasteiger partial charge is 0.497 e. The second-order valence-electron chi connectivity index (χ2n) is 3.81. The summed E-state index contributed by atoms with van der Waals surface area (Å²) in [5.41, 5.74) is 0.699. The number of anilines is 1. The van der Waals surface area contributed by atoms with Gasteiger partial charge in [0, 0.05) is 11.5 Å². The van der Waals surface area contributed by atoms with Gasteiger partial charge in [0.25, 0.3) is 0 Å². The molecule has 0 amide bonds. The van der Waals surface area contributed by atoms with E-state index in [0.29, 0.717) is 17.1 Å². The van der Waals surface area contributed by atoms with Gasteiger partial charge < -0.3 is 15.2 Å². The molecule has 6 heteroatoms. The molecule has 1 heterocycles. The standard InChI is InChI=1S/C12H13N3O3/c1-7(12(16)17)15-11-9-4-3-8(18-2)5-10(9)13-6-14-11/h3-7H,1-2H3,(H,16,17)(H,13,14,15). The molecular formula is C12H13N3O3. The fourth-order valence-electron chi connectivity index (χ4n) is 1.55. The molecule has 0 radical (unpaired) electrons. The van der Waals surface area contributed by atoms with Gasteiger partial charge in [-0.3, -0.25) is 4.79 Å². The maximum Gasteiger partial charge on any atom is 0.325 e. The van der Waals surface area contributed by atoms with Gasteiger partial charge in [0.15, 0.2) is 0 Å². The minimum Gasteiger partial charge on any atom is -0.497 e. The molecule has 0 aliphatic heterocycles. The smallest absolute Gasteiger partial charge is 0.325 e. The maximum absolute atomic E-state index is 10.8. The van der Waals surface area contributed by atoms with Crippen molar-refractivity contribution < 1.29 is 14.6 Å². The van der Waals surface area contributed by atoms with Gasteiger partial charge in [0.2, 0.25) is 0 Å². The first-order valence-corrected chi connectivity index (χ1v) is 5.40. The van der Waals surface area contributed by atoms with Crippen LogP contribution in [0.1, 0.15) is 6.92 Å². The normalized spacial score (nSPS) is 12.1. The Morgan fingerprint density at radius 1 is 1.44 bits per heavy atom. The highest BCUT2D eigenvalue weighted by atomic mass is 16.5.